The van der Waals surface area contributed by atoms with E-state index in [-0.39, 0.29) is 11.8 Å². The molecule has 1 rings (SSSR count). The van der Waals surface area contributed by atoms with Crippen LogP contribution < -0.4 is 5.73 Å². The predicted octanol–water partition coefficient (Wildman–Crippen LogP) is 1.36. The number of halogens is 1. The van der Waals surface area contributed by atoms with Crippen LogP contribution in [0.4, 0.5) is 0 Å². The van der Waals surface area contributed by atoms with Crippen molar-refractivity contribution in [3.63, 3.8) is 0 Å². The van der Waals surface area contributed by atoms with Crippen molar-refractivity contribution >= 4 is 25.8 Å². The molecule has 0 bridgehead atoms. The topological polar surface area (TPSA) is 60.2 Å². The molecule has 0 aliphatic rings. The molecule has 0 aliphatic carbocycles. The van der Waals surface area contributed by atoms with Crippen molar-refractivity contribution in [2.24, 2.45) is 5.73 Å². The molecule has 0 spiro atoms. The Morgan fingerprint density at radius 1 is 1.47 bits per heavy atom. The molecule has 0 radical (unpaired) electrons. The molecular weight excluding hydrogens is 278 g/mol. The van der Waals surface area contributed by atoms with Gasteiger partial charge in [-0.25, -0.2) is 8.42 Å². The van der Waals surface area contributed by atoms with Crippen molar-refractivity contribution in [2.45, 2.75) is 12.5 Å². The monoisotopic (exact) mass is 291 g/mol. The van der Waals surface area contributed by atoms with Gasteiger partial charge in [0.2, 0.25) is 0 Å². The fourth-order valence-electron chi connectivity index (χ4n) is 1.41. The minimum absolute atomic E-state index is 0.0273. The summed E-state index contributed by atoms with van der Waals surface area (Å²) in [5.41, 5.74) is 6.79. The second-order valence-electron chi connectivity index (χ2n) is 3.69. The summed E-state index contributed by atoms with van der Waals surface area (Å²) in [6, 6.07) is 7.38. The zero-order valence-corrected chi connectivity index (χ0v) is 10.9. The highest BCUT2D eigenvalue weighted by molar-refractivity contribution is 9.10. The van der Waals surface area contributed by atoms with Crippen LogP contribution in [0.2, 0.25) is 0 Å². The minimum atomic E-state index is -2.99. The normalized spacial score (nSPS) is 13.8. The number of benzene rings is 1. The molecule has 1 aromatic carbocycles. The summed E-state index contributed by atoms with van der Waals surface area (Å²) in [6.07, 6.45) is 1.78. The molecule has 84 valence electrons. The van der Waals surface area contributed by atoms with Gasteiger partial charge in [0, 0.05) is 16.8 Å². The molecule has 3 nitrogen and oxygen atoms in total. The van der Waals surface area contributed by atoms with Gasteiger partial charge < -0.3 is 5.73 Å². The highest BCUT2D eigenvalue weighted by atomic mass is 79.9. The van der Waals surface area contributed by atoms with Gasteiger partial charge in [-0.1, -0.05) is 28.1 Å². The summed E-state index contributed by atoms with van der Waals surface area (Å²) >= 11 is 3.35. The van der Waals surface area contributed by atoms with E-state index in [0.717, 1.165) is 10.0 Å². The Morgan fingerprint density at radius 3 is 2.67 bits per heavy atom. The third-order valence-corrected chi connectivity index (χ3v) is 3.43. The molecule has 0 saturated heterocycles. The van der Waals surface area contributed by atoms with Gasteiger partial charge in [0.05, 0.1) is 5.75 Å². The lowest BCUT2D eigenvalue weighted by Crippen LogP contribution is -2.31. The molecule has 15 heavy (non-hydrogen) atoms. The maximum Gasteiger partial charge on any atom is 0.148 e. The van der Waals surface area contributed by atoms with E-state index in [0.29, 0.717) is 6.42 Å². The van der Waals surface area contributed by atoms with E-state index < -0.39 is 9.84 Å². The smallest absolute Gasteiger partial charge is 0.148 e. The molecule has 5 heteroatoms. The van der Waals surface area contributed by atoms with Crippen LogP contribution in [0.1, 0.15) is 5.56 Å². The number of hydrogen-bond acceptors (Lipinski definition) is 3. The van der Waals surface area contributed by atoms with Gasteiger partial charge in [-0.3, -0.25) is 0 Å². The van der Waals surface area contributed by atoms with Crippen LogP contribution in [0, 0.1) is 0 Å². The second-order valence-corrected chi connectivity index (χ2v) is 6.79. The summed E-state index contributed by atoms with van der Waals surface area (Å²) in [5.74, 6) is 0.0273. The first kappa shape index (κ1) is 12.7. The SMILES string of the molecule is CS(=O)(=O)CC(N)Cc1cccc(Br)c1. The Kier molecular flexibility index (Phi) is 4.31. The Hall–Kier alpha value is -0.390. The zero-order valence-electron chi connectivity index (χ0n) is 8.48. The molecule has 0 heterocycles. The standard InChI is InChI=1S/C10H14BrNO2S/c1-15(13,14)7-10(12)6-8-3-2-4-9(11)5-8/h2-5,10H,6-7,12H2,1H3. The molecule has 1 aromatic rings. The molecule has 0 saturated carbocycles. The number of hydrogen-bond donors (Lipinski definition) is 1. The summed E-state index contributed by atoms with van der Waals surface area (Å²) in [7, 11) is -2.99. The van der Waals surface area contributed by atoms with Crippen molar-refractivity contribution in [1.29, 1.82) is 0 Å². The van der Waals surface area contributed by atoms with Crippen LogP contribution in [-0.4, -0.2) is 26.5 Å². The van der Waals surface area contributed by atoms with Gasteiger partial charge in [-0.05, 0) is 24.1 Å². The summed E-state index contributed by atoms with van der Waals surface area (Å²) in [5, 5.41) is 0. The number of sulfone groups is 1. The van der Waals surface area contributed by atoms with E-state index in [9.17, 15) is 8.42 Å². The fraction of sp³-hybridized carbons (Fsp3) is 0.400. The molecule has 0 fully saturated rings. The van der Waals surface area contributed by atoms with Gasteiger partial charge in [0.25, 0.3) is 0 Å². The average molecular weight is 292 g/mol. The summed E-state index contributed by atoms with van der Waals surface area (Å²) in [6.45, 7) is 0. The Balaban J connectivity index is 2.63. The third-order valence-electron chi connectivity index (χ3n) is 1.90. The van der Waals surface area contributed by atoms with Crippen LogP contribution >= 0.6 is 15.9 Å². The molecular formula is C10H14BrNO2S. The minimum Gasteiger partial charge on any atom is -0.326 e. The molecule has 0 amide bonds. The third kappa shape index (κ3) is 5.30. The van der Waals surface area contributed by atoms with Gasteiger partial charge in [-0.2, -0.15) is 0 Å². The lowest BCUT2D eigenvalue weighted by atomic mass is 10.1. The molecule has 2 N–H and O–H groups in total. The predicted molar refractivity (Wildman–Crippen MR) is 65.5 cm³/mol. The maximum absolute atomic E-state index is 11.0. The van der Waals surface area contributed by atoms with Crippen LogP contribution in [0.25, 0.3) is 0 Å². The first-order chi connectivity index (χ1) is 6.87. The Labute approximate surface area is 98.7 Å². The fourth-order valence-corrected chi connectivity index (χ4v) is 2.76. The summed E-state index contributed by atoms with van der Waals surface area (Å²) in [4.78, 5) is 0. The van der Waals surface area contributed by atoms with Crippen LogP contribution in [0.15, 0.2) is 28.7 Å². The molecule has 0 aromatic heterocycles. The van der Waals surface area contributed by atoms with Gasteiger partial charge in [-0.15, -0.1) is 0 Å². The zero-order chi connectivity index (χ0) is 11.5. The highest BCUT2D eigenvalue weighted by Crippen LogP contribution is 2.13. The van der Waals surface area contributed by atoms with Crippen molar-refractivity contribution in [3.8, 4) is 0 Å². The van der Waals surface area contributed by atoms with Gasteiger partial charge in [0.15, 0.2) is 0 Å². The van der Waals surface area contributed by atoms with E-state index in [1.54, 1.807) is 0 Å². The first-order valence-corrected chi connectivity index (χ1v) is 7.40. The van der Waals surface area contributed by atoms with E-state index in [1.165, 1.54) is 6.26 Å². The van der Waals surface area contributed by atoms with Crippen LogP contribution in [0.3, 0.4) is 0 Å². The molecule has 1 atom stereocenters. The van der Waals surface area contributed by atoms with E-state index >= 15 is 0 Å². The second kappa shape index (κ2) is 5.09. The van der Waals surface area contributed by atoms with Crippen molar-refractivity contribution < 1.29 is 8.42 Å². The Bertz CT molecular complexity index is 431. The van der Waals surface area contributed by atoms with Crippen molar-refractivity contribution in [3.05, 3.63) is 34.3 Å². The van der Waals surface area contributed by atoms with Crippen LogP contribution in [-0.2, 0) is 16.3 Å². The molecule has 1 unspecified atom stereocenters. The van der Waals surface area contributed by atoms with E-state index in [2.05, 4.69) is 15.9 Å². The quantitative estimate of drug-likeness (QED) is 0.911. The Morgan fingerprint density at radius 2 is 2.13 bits per heavy atom. The van der Waals surface area contributed by atoms with Crippen molar-refractivity contribution in [1.82, 2.24) is 0 Å². The molecule has 0 aliphatic heterocycles. The van der Waals surface area contributed by atoms with E-state index in [4.69, 9.17) is 5.73 Å². The average Bonchev–Trinajstić information content (AvgIpc) is 1.99. The highest BCUT2D eigenvalue weighted by Gasteiger charge is 2.11. The van der Waals surface area contributed by atoms with Gasteiger partial charge >= 0.3 is 0 Å². The van der Waals surface area contributed by atoms with Gasteiger partial charge in [0.1, 0.15) is 9.84 Å². The van der Waals surface area contributed by atoms with Crippen molar-refractivity contribution in [2.75, 3.05) is 12.0 Å². The lowest BCUT2D eigenvalue weighted by Gasteiger charge is -2.10. The maximum atomic E-state index is 11.0. The number of rotatable bonds is 4. The largest absolute Gasteiger partial charge is 0.326 e. The van der Waals surface area contributed by atoms with Crippen LogP contribution in [0.5, 0.6) is 0 Å². The first-order valence-electron chi connectivity index (χ1n) is 4.54. The van der Waals surface area contributed by atoms with E-state index in [1.807, 2.05) is 24.3 Å². The number of nitrogens with two attached hydrogens (primary N) is 1. The summed E-state index contributed by atoms with van der Waals surface area (Å²) < 4.78 is 23.0. The lowest BCUT2D eigenvalue weighted by molar-refractivity contribution is 0.591.